The van der Waals surface area contributed by atoms with Crippen LogP contribution < -0.4 is 5.32 Å². The molecule has 0 aliphatic carbocycles. The Morgan fingerprint density at radius 2 is 2.41 bits per heavy atom. The second-order valence-electron chi connectivity index (χ2n) is 5.07. The predicted octanol–water partition coefficient (Wildman–Crippen LogP) is 1.84. The summed E-state index contributed by atoms with van der Waals surface area (Å²) in [6.45, 7) is 8.09. The van der Waals surface area contributed by atoms with Gasteiger partial charge in [-0.2, -0.15) is 0 Å². The summed E-state index contributed by atoms with van der Waals surface area (Å²) in [4.78, 5) is 12.6. The molecule has 0 spiro atoms. The van der Waals surface area contributed by atoms with Gasteiger partial charge in [0.25, 0.3) is 0 Å². The van der Waals surface area contributed by atoms with E-state index in [-0.39, 0.29) is 15.5 Å². The van der Waals surface area contributed by atoms with E-state index in [1.165, 1.54) is 11.3 Å². The van der Waals surface area contributed by atoms with Crippen molar-refractivity contribution < 1.29 is 4.92 Å². The van der Waals surface area contributed by atoms with Crippen molar-refractivity contribution in [1.29, 1.82) is 0 Å². The van der Waals surface area contributed by atoms with Gasteiger partial charge in [-0.05, 0) is 19.4 Å². The molecule has 5 nitrogen and oxygen atoms in total. The molecule has 6 heteroatoms. The van der Waals surface area contributed by atoms with Crippen LogP contribution in [0.3, 0.4) is 0 Å². The van der Waals surface area contributed by atoms with Gasteiger partial charge in [-0.3, -0.25) is 15.0 Å². The average molecular weight is 255 g/mol. The van der Waals surface area contributed by atoms with Crippen LogP contribution in [-0.4, -0.2) is 35.0 Å². The molecule has 0 aromatic carbocycles. The number of nitrogens with zero attached hydrogens (tertiary/aromatic N) is 2. The lowest BCUT2D eigenvalue weighted by molar-refractivity contribution is -0.380. The highest BCUT2D eigenvalue weighted by molar-refractivity contribution is 7.13. The maximum atomic E-state index is 10.6. The number of piperazine rings is 1. The zero-order chi connectivity index (χ0) is 12.5. The quantitative estimate of drug-likeness (QED) is 0.661. The summed E-state index contributed by atoms with van der Waals surface area (Å²) < 4.78 is 0. The lowest BCUT2D eigenvalue weighted by Crippen LogP contribution is -2.56. The first-order valence-corrected chi connectivity index (χ1v) is 6.53. The Hall–Kier alpha value is -0.980. The fourth-order valence-electron chi connectivity index (χ4n) is 2.18. The zero-order valence-corrected chi connectivity index (χ0v) is 10.9. The third-order valence-electron chi connectivity index (χ3n) is 2.88. The van der Waals surface area contributed by atoms with Gasteiger partial charge < -0.3 is 5.32 Å². The molecule has 0 saturated carbocycles. The molecule has 2 heterocycles. The van der Waals surface area contributed by atoms with E-state index in [1.807, 2.05) is 5.38 Å². The maximum absolute atomic E-state index is 10.6. The Morgan fingerprint density at radius 3 is 3.00 bits per heavy atom. The molecule has 0 atom stereocenters. The van der Waals surface area contributed by atoms with E-state index in [4.69, 9.17) is 0 Å². The monoisotopic (exact) mass is 255 g/mol. The summed E-state index contributed by atoms with van der Waals surface area (Å²) in [7, 11) is 0. The molecule has 17 heavy (non-hydrogen) atoms. The van der Waals surface area contributed by atoms with Crippen LogP contribution in [0.2, 0.25) is 0 Å². The Labute approximate surface area is 105 Å². The van der Waals surface area contributed by atoms with Gasteiger partial charge in [-0.15, -0.1) is 0 Å². The average Bonchev–Trinajstić information content (AvgIpc) is 2.64. The molecule has 0 bridgehead atoms. The third kappa shape index (κ3) is 3.24. The number of nitro groups is 1. The van der Waals surface area contributed by atoms with Crippen molar-refractivity contribution in [2.24, 2.45) is 0 Å². The minimum Gasteiger partial charge on any atom is -0.309 e. The lowest BCUT2D eigenvalue weighted by atomic mass is 10.0. The second kappa shape index (κ2) is 4.72. The minimum atomic E-state index is -0.324. The van der Waals surface area contributed by atoms with Gasteiger partial charge in [-0.25, -0.2) is 0 Å². The summed E-state index contributed by atoms with van der Waals surface area (Å²) in [5, 5.41) is 16.2. The molecule has 1 N–H and O–H groups in total. The summed E-state index contributed by atoms with van der Waals surface area (Å²) >= 11 is 1.20. The van der Waals surface area contributed by atoms with Crippen molar-refractivity contribution in [2.45, 2.75) is 25.9 Å². The molecule has 94 valence electrons. The highest BCUT2D eigenvalue weighted by atomic mass is 32.1. The summed E-state index contributed by atoms with van der Waals surface area (Å²) in [5.41, 5.74) is 1.17. The van der Waals surface area contributed by atoms with E-state index >= 15 is 0 Å². The number of nitrogens with one attached hydrogen (secondary N) is 1. The lowest BCUT2D eigenvalue weighted by Gasteiger charge is -2.39. The molecule has 2 rings (SSSR count). The molecule has 1 aromatic rings. The first-order chi connectivity index (χ1) is 7.96. The molecule has 1 saturated heterocycles. The van der Waals surface area contributed by atoms with Gasteiger partial charge in [-0.1, -0.05) is 11.3 Å². The Bertz CT molecular complexity index is 417. The molecule has 1 fully saturated rings. The van der Waals surface area contributed by atoms with Crippen LogP contribution in [0.15, 0.2) is 11.4 Å². The summed E-state index contributed by atoms with van der Waals surface area (Å²) in [6, 6.07) is 1.68. The van der Waals surface area contributed by atoms with Crippen LogP contribution in [0.25, 0.3) is 0 Å². The Balaban J connectivity index is 1.98. The van der Waals surface area contributed by atoms with Crippen LogP contribution in [0, 0.1) is 10.1 Å². The molecular formula is C11H17N3O2S. The van der Waals surface area contributed by atoms with Crippen molar-refractivity contribution in [2.75, 3.05) is 19.6 Å². The SMILES string of the molecule is CC1(C)CN(Cc2csc([N+](=O)[O-])c2)CCN1. The van der Waals surface area contributed by atoms with E-state index < -0.39 is 0 Å². The fraction of sp³-hybridized carbons (Fsp3) is 0.636. The number of hydrogen-bond donors (Lipinski definition) is 1. The van der Waals surface area contributed by atoms with Crippen molar-refractivity contribution in [3.8, 4) is 0 Å². The topological polar surface area (TPSA) is 58.4 Å². The first kappa shape index (κ1) is 12.5. The van der Waals surface area contributed by atoms with Crippen molar-refractivity contribution in [3.63, 3.8) is 0 Å². The van der Waals surface area contributed by atoms with Crippen LogP contribution >= 0.6 is 11.3 Å². The van der Waals surface area contributed by atoms with Crippen LogP contribution in [0.1, 0.15) is 19.4 Å². The van der Waals surface area contributed by atoms with Gasteiger partial charge in [0.1, 0.15) is 0 Å². The third-order valence-corrected chi connectivity index (χ3v) is 3.81. The van der Waals surface area contributed by atoms with Gasteiger partial charge in [0, 0.05) is 43.2 Å². The normalized spacial score (nSPS) is 20.4. The zero-order valence-electron chi connectivity index (χ0n) is 10.1. The second-order valence-corrected chi connectivity index (χ2v) is 5.96. The highest BCUT2D eigenvalue weighted by Crippen LogP contribution is 2.24. The van der Waals surface area contributed by atoms with Crippen molar-refractivity contribution in [3.05, 3.63) is 27.1 Å². The number of hydrogen-bond acceptors (Lipinski definition) is 5. The number of thiophene rings is 1. The van der Waals surface area contributed by atoms with E-state index in [0.717, 1.165) is 31.7 Å². The summed E-state index contributed by atoms with van der Waals surface area (Å²) in [5.74, 6) is 0. The van der Waals surface area contributed by atoms with Gasteiger partial charge >= 0.3 is 5.00 Å². The minimum absolute atomic E-state index is 0.125. The predicted molar refractivity (Wildman–Crippen MR) is 68.3 cm³/mol. The number of rotatable bonds is 3. The molecule has 1 aromatic heterocycles. The molecule has 0 amide bonds. The standard InChI is InChI=1S/C11H17N3O2S/c1-11(2)8-13(4-3-12-11)6-9-5-10(14(15)16)17-7-9/h5,7,12H,3-4,6,8H2,1-2H3. The smallest absolute Gasteiger partial charge is 0.309 e. The molecule has 1 aliphatic rings. The van der Waals surface area contributed by atoms with Crippen LogP contribution in [0.4, 0.5) is 5.00 Å². The van der Waals surface area contributed by atoms with Gasteiger partial charge in [0.15, 0.2) is 0 Å². The van der Waals surface area contributed by atoms with E-state index in [9.17, 15) is 10.1 Å². The van der Waals surface area contributed by atoms with E-state index in [2.05, 4.69) is 24.1 Å². The molecule has 0 unspecified atom stereocenters. The van der Waals surface area contributed by atoms with E-state index in [0.29, 0.717) is 0 Å². The van der Waals surface area contributed by atoms with E-state index in [1.54, 1.807) is 6.07 Å². The Kier molecular flexibility index (Phi) is 3.46. The van der Waals surface area contributed by atoms with Gasteiger partial charge in [0.05, 0.1) is 4.92 Å². The highest BCUT2D eigenvalue weighted by Gasteiger charge is 2.25. The van der Waals surface area contributed by atoms with Crippen LogP contribution in [-0.2, 0) is 6.54 Å². The maximum Gasteiger partial charge on any atom is 0.324 e. The molecule has 0 radical (unpaired) electrons. The molecular weight excluding hydrogens is 238 g/mol. The van der Waals surface area contributed by atoms with Crippen molar-refractivity contribution >= 4 is 16.3 Å². The first-order valence-electron chi connectivity index (χ1n) is 5.65. The van der Waals surface area contributed by atoms with Crippen molar-refractivity contribution in [1.82, 2.24) is 10.2 Å². The van der Waals surface area contributed by atoms with Gasteiger partial charge in [0.2, 0.25) is 0 Å². The molecule has 1 aliphatic heterocycles. The largest absolute Gasteiger partial charge is 0.324 e. The summed E-state index contributed by atoms with van der Waals surface area (Å²) in [6.07, 6.45) is 0. The van der Waals surface area contributed by atoms with Crippen LogP contribution in [0.5, 0.6) is 0 Å². The Morgan fingerprint density at radius 1 is 1.65 bits per heavy atom. The fourth-order valence-corrected chi connectivity index (χ4v) is 2.90.